The Bertz CT molecular complexity index is 693. The average Bonchev–Trinajstić information content (AvgIpc) is 2.88. The fourth-order valence-electron chi connectivity index (χ4n) is 2.50. The van der Waals surface area contributed by atoms with Crippen molar-refractivity contribution >= 4 is 35.1 Å². The van der Waals surface area contributed by atoms with Crippen LogP contribution in [0.2, 0.25) is 5.02 Å². The smallest absolute Gasteiger partial charge is 0.378 e. The SMILES string of the molecule is O=C(O)[C@H](c1ccccc1Cl)[N+]1=Cc2ccsc2CC1. The summed E-state index contributed by atoms with van der Waals surface area (Å²) in [6, 6.07) is 8.41. The lowest BCUT2D eigenvalue weighted by Gasteiger charge is -2.16. The van der Waals surface area contributed by atoms with Crippen molar-refractivity contribution in [3.63, 3.8) is 0 Å². The lowest BCUT2D eigenvalue weighted by molar-refractivity contribution is -0.556. The van der Waals surface area contributed by atoms with Gasteiger partial charge in [-0.3, -0.25) is 0 Å². The zero-order valence-electron chi connectivity index (χ0n) is 10.6. The average molecular weight is 307 g/mol. The van der Waals surface area contributed by atoms with Crippen molar-refractivity contribution in [3.8, 4) is 0 Å². The molecule has 1 aromatic heterocycles. The van der Waals surface area contributed by atoms with Crippen molar-refractivity contribution in [3.05, 3.63) is 56.7 Å². The van der Waals surface area contributed by atoms with Crippen LogP contribution in [0.3, 0.4) is 0 Å². The molecule has 1 N–H and O–H groups in total. The third-order valence-corrected chi connectivity index (χ3v) is 4.79. The summed E-state index contributed by atoms with van der Waals surface area (Å²) < 4.78 is 1.86. The van der Waals surface area contributed by atoms with E-state index < -0.39 is 12.0 Å². The molecule has 0 fully saturated rings. The number of fused-ring (bicyclic) bond motifs is 1. The van der Waals surface area contributed by atoms with E-state index in [0.29, 0.717) is 17.1 Å². The lowest BCUT2D eigenvalue weighted by atomic mass is 10.0. The van der Waals surface area contributed by atoms with E-state index >= 15 is 0 Å². The Kier molecular flexibility index (Phi) is 3.59. The van der Waals surface area contributed by atoms with Gasteiger partial charge in [-0.25, -0.2) is 9.37 Å². The molecule has 1 aliphatic heterocycles. The Morgan fingerprint density at radius 1 is 1.35 bits per heavy atom. The number of nitrogens with zero attached hydrogens (tertiary/aromatic N) is 1. The van der Waals surface area contributed by atoms with Gasteiger partial charge in [0.05, 0.1) is 10.6 Å². The first-order chi connectivity index (χ1) is 9.66. The molecule has 5 heteroatoms. The third kappa shape index (κ3) is 2.37. The van der Waals surface area contributed by atoms with Gasteiger partial charge < -0.3 is 5.11 Å². The second kappa shape index (κ2) is 5.38. The summed E-state index contributed by atoms with van der Waals surface area (Å²) in [6.07, 6.45) is 2.80. The van der Waals surface area contributed by atoms with Crippen molar-refractivity contribution in [1.82, 2.24) is 0 Å². The van der Waals surface area contributed by atoms with Crippen molar-refractivity contribution in [2.24, 2.45) is 0 Å². The first-order valence-electron chi connectivity index (χ1n) is 6.31. The summed E-state index contributed by atoms with van der Waals surface area (Å²) in [5, 5.41) is 12.1. The number of aliphatic carboxylic acids is 1. The minimum Gasteiger partial charge on any atom is -0.476 e. The van der Waals surface area contributed by atoms with Crippen LogP contribution in [0.5, 0.6) is 0 Å². The summed E-state index contributed by atoms with van der Waals surface area (Å²) in [5.74, 6) is -0.881. The molecule has 0 saturated heterocycles. The molecular weight excluding hydrogens is 294 g/mol. The van der Waals surface area contributed by atoms with E-state index in [-0.39, 0.29) is 0 Å². The number of thiophene rings is 1. The second-order valence-corrected chi connectivity index (χ2v) is 6.09. The predicted octanol–water partition coefficient (Wildman–Crippen LogP) is 3.21. The van der Waals surface area contributed by atoms with Gasteiger partial charge in [-0.15, -0.1) is 11.3 Å². The van der Waals surface area contributed by atoms with E-state index in [1.54, 1.807) is 23.5 Å². The van der Waals surface area contributed by atoms with Gasteiger partial charge in [-0.2, -0.15) is 0 Å². The van der Waals surface area contributed by atoms with Crippen LogP contribution >= 0.6 is 22.9 Å². The van der Waals surface area contributed by atoms with Crippen molar-refractivity contribution in [1.29, 1.82) is 0 Å². The van der Waals surface area contributed by atoms with E-state index in [1.165, 1.54) is 4.88 Å². The van der Waals surface area contributed by atoms with Crippen LogP contribution in [0.25, 0.3) is 0 Å². The first kappa shape index (κ1) is 13.3. The van der Waals surface area contributed by atoms with Gasteiger partial charge in [0.2, 0.25) is 0 Å². The number of carboxylic acids is 1. The van der Waals surface area contributed by atoms with Gasteiger partial charge in [0.1, 0.15) is 6.54 Å². The normalized spacial score (nSPS) is 15.3. The molecule has 0 amide bonds. The molecule has 1 aromatic carbocycles. The molecule has 1 atom stereocenters. The number of rotatable bonds is 3. The first-order valence-corrected chi connectivity index (χ1v) is 7.57. The highest BCUT2D eigenvalue weighted by Gasteiger charge is 2.34. The maximum Gasteiger partial charge on any atom is 0.378 e. The maximum absolute atomic E-state index is 11.7. The monoisotopic (exact) mass is 306 g/mol. The Morgan fingerprint density at radius 2 is 2.15 bits per heavy atom. The van der Waals surface area contributed by atoms with Gasteiger partial charge in [0.25, 0.3) is 6.04 Å². The summed E-state index contributed by atoms with van der Waals surface area (Å²) in [6.45, 7) is 0.690. The number of halogens is 1. The highest BCUT2D eigenvalue weighted by molar-refractivity contribution is 7.10. The highest BCUT2D eigenvalue weighted by atomic mass is 35.5. The quantitative estimate of drug-likeness (QED) is 0.885. The number of carboxylic acid groups (broad SMARTS) is 1. The summed E-state index contributed by atoms with van der Waals surface area (Å²) in [5.41, 5.74) is 1.75. The van der Waals surface area contributed by atoms with Gasteiger partial charge in [0.15, 0.2) is 6.21 Å². The molecular formula is C15H13ClNO2S+. The number of carbonyl (C=O) groups is 1. The predicted molar refractivity (Wildman–Crippen MR) is 80.1 cm³/mol. The molecule has 0 unspecified atom stereocenters. The fourth-order valence-corrected chi connectivity index (χ4v) is 3.58. The highest BCUT2D eigenvalue weighted by Crippen LogP contribution is 2.28. The van der Waals surface area contributed by atoms with Gasteiger partial charge in [0, 0.05) is 16.9 Å². The van der Waals surface area contributed by atoms with Crippen LogP contribution in [0, 0.1) is 0 Å². The van der Waals surface area contributed by atoms with Gasteiger partial charge in [-0.05, 0) is 17.5 Å². The van der Waals surface area contributed by atoms with E-state index in [1.807, 2.05) is 34.4 Å². The lowest BCUT2D eigenvalue weighted by Crippen LogP contribution is -2.31. The molecule has 2 aromatic rings. The fraction of sp³-hybridized carbons (Fsp3) is 0.200. The van der Waals surface area contributed by atoms with Gasteiger partial charge >= 0.3 is 5.97 Å². The standard InChI is InChI=1S/C15H12ClNO2S/c16-12-4-2-1-3-11(12)14(15(18)19)17-7-5-13-10(9-17)6-8-20-13/h1-4,6,8-9,14H,5,7H2/p+1/t14-/m0/s1. The minimum absolute atomic E-state index is 0.490. The minimum atomic E-state index is -0.881. The molecule has 3 rings (SSSR count). The molecule has 0 radical (unpaired) electrons. The molecule has 3 nitrogen and oxygen atoms in total. The Labute approximate surface area is 125 Å². The van der Waals surface area contributed by atoms with E-state index in [2.05, 4.69) is 0 Å². The maximum atomic E-state index is 11.7. The van der Waals surface area contributed by atoms with Crippen LogP contribution in [0.1, 0.15) is 22.0 Å². The Morgan fingerprint density at radius 3 is 2.90 bits per heavy atom. The zero-order chi connectivity index (χ0) is 14.1. The number of hydrogen-bond donors (Lipinski definition) is 1. The molecule has 0 bridgehead atoms. The van der Waals surface area contributed by atoms with Crippen LogP contribution < -0.4 is 0 Å². The largest absolute Gasteiger partial charge is 0.476 e. The van der Waals surface area contributed by atoms with Gasteiger partial charge in [-0.1, -0.05) is 29.8 Å². The Balaban J connectivity index is 2.06. The topological polar surface area (TPSA) is 40.3 Å². The molecule has 1 aliphatic rings. The second-order valence-electron chi connectivity index (χ2n) is 4.68. The molecule has 0 aliphatic carbocycles. The number of benzene rings is 1. The number of hydrogen-bond acceptors (Lipinski definition) is 2. The van der Waals surface area contributed by atoms with Crippen molar-refractivity contribution in [2.75, 3.05) is 6.54 Å². The molecule has 20 heavy (non-hydrogen) atoms. The van der Waals surface area contributed by atoms with E-state index in [0.717, 1.165) is 12.0 Å². The summed E-state index contributed by atoms with van der Waals surface area (Å²) in [4.78, 5) is 13.0. The summed E-state index contributed by atoms with van der Waals surface area (Å²) >= 11 is 7.87. The Hall–Kier alpha value is -1.65. The van der Waals surface area contributed by atoms with E-state index in [4.69, 9.17) is 11.6 Å². The van der Waals surface area contributed by atoms with Crippen LogP contribution in [0.15, 0.2) is 35.7 Å². The van der Waals surface area contributed by atoms with Crippen LogP contribution in [0.4, 0.5) is 0 Å². The molecule has 102 valence electrons. The van der Waals surface area contributed by atoms with Crippen LogP contribution in [-0.4, -0.2) is 28.4 Å². The van der Waals surface area contributed by atoms with E-state index in [9.17, 15) is 9.90 Å². The van der Waals surface area contributed by atoms with Crippen LogP contribution in [-0.2, 0) is 11.2 Å². The molecule has 2 heterocycles. The molecule has 0 spiro atoms. The summed E-state index contributed by atoms with van der Waals surface area (Å²) in [7, 11) is 0. The third-order valence-electron chi connectivity index (χ3n) is 3.45. The van der Waals surface area contributed by atoms with Crippen molar-refractivity contribution < 1.29 is 14.5 Å². The zero-order valence-corrected chi connectivity index (χ0v) is 12.2. The molecule has 0 saturated carbocycles. The van der Waals surface area contributed by atoms with Crippen molar-refractivity contribution in [2.45, 2.75) is 12.5 Å².